The number of nitrogens with zero attached hydrogens (tertiary/aromatic N) is 1. The van der Waals surface area contributed by atoms with Crippen LogP contribution in [0.5, 0.6) is 0 Å². The molecule has 2 atom stereocenters. The van der Waals surface area contributed by atoms with Crippen LogP contribution in [-0.4, -0.2) is 0 Å². The number of rotatable bonds is 8. The van der Waals surface area contributed by atoms with Crippen LogP contribution >= 0.6 is 0 Å². The van der Waals surface area contributed by atoms with E-state index in [2.05, 4.69) is 266 Å². The summed E-state index contributed by atoms with van der Waals surface area (Å²) >= 11 is 0. The first-order valence-corrected chi connectivity index (χ1v) is 21.9. The Morgan fingerprint density at radius 3 is 1.17 bits per heavy atom. The molecule has 10 aromatic rings. The Balaban J connectivity index is 1.02. The summed E-state index contributed by atoms with van der Waals surface area (Å²) in [7, 11) is 0. The number of hydrogen-bond acceptors (Lipinski definition) is 1. The van der Waals surface area contributed by atoms with E-state index in [0.29, 0.717) is 0 Å². The second-order valence-electron chi connectivity index (χ2n) is 16.8. The Hall–Kier alpha value is -8.00. The van der Waals surface area contributed by atoms with Gasteiger partial charge in [0.25, 0.3) is 0 Å². The Morgan fingerprint density at radius 2 is 0.587 bits per heavy atom. The molecule has 63 heavy (non-hydrogen) atoms. The van der Waals surface area contributed by atoms with Gasteiger partial charge in [-0.05, 0) is 114 Å². The van der Waals surface area contributed by atoms with Gasteiger partial charge in [0.15, 0.2) is 0 Å². The summed E-state index contributed by atoms with van der Waals surface area (Å²) in [5, 5.41) is 0. The fourth-order valence-electron chi connectivity index (χ4n) is 11.0. The smallest absolute Gasteiger partial charge is 0.0720 e. The number of benzene rings is 10. The van der Waals surface area contributed by atoms with Gasteiger partial charge in [-0.3, -0.25) is 0 Å². The number of hydrogen-bond donors (Lipinski definition) is 0. The zero-order valence-electron chi connectivity index (χ0n) is 34.8. The fourth-order valence-corrected chi connectivity index (χ4v) is 11.0. The molecule has 0 saturated carbocycles. The molecule has 10 aromatic carbocycles. The van der Waals surface area contributed by atoms with Crippen molar-refractivity contribution in [1.82, 2.24) is 0 Å². The van der Waals surface area contributed by atoms with Crippen molar-refractivity contribution in [3.63, 3.8) is 0 Å². The lowest BCUT2D eigenvalue weighted by molar-refractivity contribution is 0.626. The van der Waals surface area contributed by atoms with Gasteiger partial charge in [-0.1, -0.05) is 224 Å². The van der Waals surface area contributed by atoms with E-state index < -0.39 is 10.8 Å². The second kappa shape index (κ2) is 14.9. The quantitative estimate of drug-likeness (QED) is 0.148. The summed E-state index contributed by atoms with van der Waals surface area (Å²) in [6.45, 7) is 0. The Kier molecular flexibility index (Phi) is 8.69. The predicted octanol–water partition coefficient (Wildman–Crippen LogP) is 15.5. The van der Waals surface area contributed by atoms with Crippen LogP contribution in [0.3, 0.4) is 0 Å². The van der Waals surface area contributed by atoms with E-state index in [1.54, 1.807) is 0 Å². The van der Waals surface area contributed by atoms with Crippen molar-refractivity contribution in [2.45, 2.75) is 10.8 Å². The van der Waals surface area contributed by atoms with Gasteiger partial charge in [-0.15, -0.1) is 0 Å². The minimum absolute atomic E-state index is 0.473. The molecule has 0 heterocycles. The largest absolute Gasteiger partial charge is 0.311 e. The monoisotopic (exact) mass is 801 g/mol. The molecule has 0 bridgehead atoms. The van der Waals surface area contributed by atoms with E-state index in [1.807, 2.05) is 0 Å². The van der Waals surface area contributed by atoms with E-state index in [0.717, 1.165) is 17.1 Å². The summed E-state index contributed by atoms with van der Waals surface area (Å²) in [5.41, 5.74) is 20.1. The van der Waals surface area contributed by atoms with Gasteiger partial charge in [-0.25, -0.2) is 0 Å². The predicted molar refractivity (Wildman–Crippen MR) is 261 cm³/mol. The van der Waals surface area contributed by atoms with Crippen LogP contribution < -0.4 is 4.90 Å². The topological polar surface area (TPSA) is 3.24 Å². The molecule has 0 fully saturated rings. The van der Waals surface area contributed by atoms with Crippen LogP contribution in [0.1, 0.15) is 44.5 Å². The summed E-state index contributed by atoms with van der Waals surface area (Å²) in [4.78, 5) is 2.37. The summed E-state index contributed by atoms with van der Waals surface area (Å²) in [6.07, 6.45) is 0. The second-order valence-corrected chi connectivity index (χ2v) is 16.8. The molecule has 0 radical (unpaired) electrons. The molecule has 0 saturated heterocycles. The average Bonchev–Trinajstić information content (AvgIpc) is 3.68. The maximum atomic E-state index is 2.41. The van der Waals surface area contributed by atoms with Crippen LogP contribution in [0.15, 0.2) is 261 Å². The van der Waals surface area contributed by atoms with Crippen LogP contribution in [0, 0.1) is 0 Å². The SMILES string of the molecule is c1ccc(-c2ccc(-c3ccc(N(c4ccccc4)c4ccc(C5(c6ccccc6)c6ccccc6C6(c7ccccc7)c7ccccc7-c7cccc5c76)cc4)cc3)cc2)cc1. The van der Waals surface area contributed by atoms with Gasteiger partial charge >= 0.3 is 0 Å². The molecule has 2 aliphatic rings. The summed E-state index contributed by atoms with van der Waals surface area (Å²) in [5.74, 6) is 0. The van der Waals surface area contributed by atoms with E-state index in [9.17, 15) is 0 Å². The Morgan fingerprint density at radius 1 is 0.222 bits per heavy atom. The van der Waals surface area contributed by atoms with E-state index in [-0.39, 0.29) is 0 Å². The highest BCUT2D eigenvalue weighted by molar-refractivity contribution is 5.92. The first kappa shape index (κ1) is 36.8. The normalized spacial score (nSPS) is 16.7. The van der Waals surface area contributed by atoms with Gasteiger partial charge in [0.1, 0.15) is 0 Å². The standard InChI is InChI=1S/C62H43N/c1-5-18-44(19-6-1)45-32-34-46(35-33-45)47-36-40-52(41-37-47)63(51-24-11-4-12-25-51)53-42-38-50(39-43-53)61(48-20-7-2-8-21-48)57-29-15-16-30-58(57)62(49-22-9-3-10-23-49)56-28-14-13-26-54(56)55-27-17-31-59(61)60(55)62/h1-43H. The highest BCUT2D eigenvalue weighted by Crippen LogP contribution is 2.65. The molecule has 0 amide bonds. The fraction of sp³-hybridized carbons (Fsp3) is 0.0323. The van der Waals surface area contributed by atoms with Crippen LogP contribution in [0.4, 0.5) is 17.1 Å². The van der Waals surface area contributed by atoms with Crippen molar-refractivity contribution >= 4 is 17.1 Å². The van der Waals surface area contributed by atoms with Crippen molar-refractivity contribution in [3.05, 3.63) is 305 Å². The number of para-hydroxylation sites is 1. The minimum atomic E-state index is -0.600. The van der Waals surface area contributed by atoms with Gasteiger partial charge < -0.3 is 4.90 Å². The lowest BCUT2D eigenvalue weighted by Crippen LogP contribution is -2.44. The summed E-state index contributed by atoms with van der Waals surface area (Å²) in [6, 6.07) is 96.3. The van der Waals surface area contributed by atoms with Gasteiger partial charge in [-0.2, -0.15) is 0 Å². The van der Waals surface area contributed by atoms with Crippen LogP contribution in [0.25, 0.3) is 33.4 Å². The molecule has 2 aliphatic carbocycles. The third-order valence-corrected chi connectivity index (χ3v) is 13.6. The third-order valence-electron chi connectivity index (χ3n) is 13.6. The molecule has 0 spiro atoms. The molecule has 12 rings (SSSR count). The van der Waals surface area contributed by atoms with Gasteiger partial charge in [0, 0.05) is 17.1 Å². The van der Waals surface area contributed by atoms with E-state index in [1.165, 1.54) is 77.9 Å². The van der Waals surface area contributed by atoms with Gasteiger partial charge in [0.05, 0.1) is 10.8 Å². The lowest BCUT2D eigenvalue weighted by atomic mass is 9.52. The molecule has 1 heteroatoms. The molecule has 0 aliphatic heterocycles. The molecule has 296 valence electrons. The molecule has 2 unspecified atom stereocenters. The van der Waals surface area contributed by atoms with Crippen molar-refractivity contribution in [3.8, 4) is 33.4 Å². The summed E-state index contributed by atoms with van der Waals surface area (Å²) < 4.78 is 0. The minimum Gasteiger partial charge on any atom is -0.311 e. The first-order chi connectivity index (χ1) is 31.3. The molecule has 0 aromatic heterocycles. The van der Waals surface area contributed by atoms with Crippen molar-refractivity contribution in [1.29, 1.82) is 0 Å². The maximum Gasteiger partial charge on any atom is 0.0720 e. The molecular formula is C62H43N. The lowest BCUT2D eigenvalue weighted by Gasteiger charge is -2.49. The van der Waals surface area contributed by atoms with Crippen molar-refractivity contribution < 1.29 is 0 Å². The van der Waals surface area contributed by atoms with Crippen molar-refractivity contribution in [2.24, 2.45) is 0 Å². The number of fused-ring (bicyclic) bond motifs is 5. The zero-order chi connectivity index (χ0) is 41.8. The maximum absolute atomic E-state index is 2.41. The number of anilines is 3. The highest BCUT2D eigenvalue weighted by atomic mass is 15.1. The molecular weight excluding hydrogens is 759 g/mol. The average molecular weight is 802 g/mol. The van der Waals surface area contributed by atoms with E-state index >= 15 is 0 Å². The molecule has 1 nitrogen and oxygen atoms in total. The zero-order valence-corrected chi connectivity index (χ0v) is 34.8. The Bertz CT molecular complexity index is 3230. The first-order valence-electron chi connectivity index (χ1n) is 21.9. The van der Waals surface area contributed by atoms with Gasteiger partial charge in [0.2, 0.25) is 0 Å². The third kappa shape index (κ3) is 5.56. The highest BCUT2D eigenvalue weighted by Gasteiger charge is 2.57. The molecule has 0 N–H and O–H groups in total. The van der Waals surface area contributed by atoms with E-state index in [4.69, 9.17) is 0 Å². The Labute approximate surface area is 369 Å². The van der Waals surface area contributed by atoms with Crippen molar-refractivity contribution in [2.75, 3.05) is 4.90 Å². The van der Waals surface area contributed by atoms with Crippen LogP contribution in [0.2, 0.25) is 0 Å². The van der Waals surface area contributed by atoms with Crippen LogP contribution in [-0.2, 0) is 10.8 Å².